The predicted molar refractivity (Wildman–Crippen MR) is 103 cm³/mol. The Kier molecular flexibility index (Phi) is 4.52. The Morgan fingerprint density at radius 3 is 2.67 bits per heavy atom. The fourth-order valence-electron chi connectivity index (χ4n) is 4.27. The van der Waals surface area contributed by atoms with Gasteiger partial charge < -0.3 is 0 Å². The third-order valence-corrected chi connectivity index (χ3v) is 6.33. The maximum absolute atomic E-state index is 12.3. The van der Waals surface area contributed by atoms with Crippen LogP contribution in [0.2, 0.25) is 0 Å². The van der Waals surface area contributed by atoms with Crippen LogP contribution in [0.25, 0.3) is 0 Å². The van der Waals surface area contributed by atoms with E-state index in [9.17, 15) is 4.79 Å². The average molecular weight is 365 g/mol. The van der Waals surface area contributed by atoms with Crippen molar-refractivity contribution in [1.29, 1.82) is 0 Å². The second kappa shape index (κ2) is 7.15. The van der Waals surface area contributed by atoms with Gasteiger partial charge in [0.05, 0.1) is 17.9 Å². The van der Waals surface area contributed by atoms with Crippen molar-refractivity contribution in [2.75, 3.05) is 6.54 Å². The Labute approximate surface area is 159 Å². The van der Waals surface area contributed by atoms with Crippen molar-refractivity contribution < 1.29 is 0 Å². The molecule has 2 saturated carbocycles. The zero-order chi connectivity index (χ0) is 18.2. The first-order valence-corrected chi connectivity index (χ1v) is 10.4. The van der Waals surface area contributed by atoms with Gasteiger partial charge in [0.2, 0.25) is 0 Å². The Bertz CT molecular complexity index is 871. The highest BCUT2D eigenvalue weighted by atomic mass is 16.1. The zero-order valence-electron chi connectivity index (χ0n) is 15.8. The number of nitrogens with zero attached hydrogens (tertiary/aromatic N) is 5. The molecule has 0 amide bonds. The molecule has 1 aliphatic heterocycles. The van der Waals surface area contributed by atoms with Crippen LogP contribution >= 0.6 is 0 Å². The molecule has 3 aliphatic rings. The molecule has 2 aromatic heterocycles. The molecule has 0 radical (unpaired) electrons. The highest BCUT2D eigenvalue weighted by Gasteiger charge is 2.29. The van der Waals surface area contributed by atoms with E-state index in [0.29, 0.717) is 24.4 Å². The third kappa shape index (κ3) is 3.68. The van der Waals surface area contributed by atoms with Crippen LogP contribution < -0.4 is 5.56 Å². The summed E-state index contributed by atoms with van der Waals surface area (Å²) >= 11 is 0. The zero-order valence-corrected chi connectivity index (χ0v) is 15.8. The Morgan fingerprint density at radius 2 is 1.89 bits per heavy atom. The van der Waals surface area contributed by atoms with Crippen LogP contribution in [0.5, 0.6) is 0 Å². The fourth-order valence-corrected chi connectivity index (χ4v) is 4.27. The molecule has 1 atom stereocenters. The Morgan fingerprint density at radius 1 is 1.00 bits per heavy atom. The summed E-state index contributed by atoms with van der Waals surface area (Å²) in [6.45, 7) is 2.58. The van der Waals surface area contributed by atoms with Crippen LogP contribution in [0.1, 0.15) is 74.0 Å². The molecule has 142 valence electrons. The lowest BCUT2D eigenvalue weighted by atomic mass is 9.85. The van der Waals surface area contributed by atoms with Crippen molar-refractivity contribution in [3.05, 3.63) is 52.0 Å². The van der Waals surface area contributed by atoms with Gasteiger partial charge in [-0.25, -0.2) is 14.6 Å². The smallest absolute Gasteiger partial charge is 0.266 e. The third-order valence-electron chi connectivity index (χ3n) is 6.33. The van der Waals surface area contributed by atoms with Gasteiger partial charge in [0, 0.05) is 36.7 Å². The molecule has 0 aromatic carbocycles. The number of likely N-dealkylation sites (tertiary alicyclic amines) is 1. The van der Waals surface area contributed by atoms with Crippen LogP contribution in [0.15, 0.2) is 29.2 Å². The van der Waals surface area contributed by atoms with Gasteiger partial charge in [-0.15, -0.1) is 0 Å². The molecule has 2 aromatic rings. The minimum Gasteiger partial charge on any atom is -0.293 e. The first kappa shape index (κ1) is 17.0. The second-order valence-corrected chi connectivity index (χ2v) is 8.35. The lowest BCUT2D eigenvalue weighted by Gasteiger charge is -2.26. The van der Waals surface area contributed by atoms with E-state index in [1.54, 1.807) is 10.7 Å². The van der Waals surface area contributed by atoms with Gasteiger partial charge in [-0.1, -0.05) is 6.42 Å². The van der Waals surface area contributed by atoms with Crippen molar-refractivity contribution in [3.8, 4) is 0 Å². The van der Waals surface area contributed by atoms with Crippen molar-refractivity contribution in [2.45, 2.75) is 75.9 Å². The maximum Gasteiger partial charge on any atom is 0.266 e. The SMILES string of the molecule is O=c1ccc(C2CC2)nn1CC1CCCN1Cc1ccnc(C2CCC2)n1. The molecular formula is C21H27N5O. The van der Waals surface area contributed by atoms with Crippen LogP contribution in [0.4, 0.5) is 0 Å². The standard InChI is InChI=1S/C21H27N5O/c27-20-9-8-19(15-6-7-15)24-26(20)14-18-5-2-12-25(18)13-17-10-11-22-21(23-17)16-3-1-4-16/h8-11,15-16,18H,1-7,12-14H2. The van der Waals surface area contributed by atoms with E-state index in [0.717, 1.165) is 36.7 Å². The lowest BCUT2D eigenvalue weighted by Crippen LogP contribution is -2.37. The molecule has 3 heterocycles. The van der Waals surface area contributed by atoms with E-state index in [2.05, 4.69) is 15.0 Å². The van der Waals surface area contributed by atoms with Crippen molar-refractivity contribution in [3.63, 3.8) is 0 Å². The molecule has 6 heteroatoms. The van der Waals surface area contributed by atoms with Crippen molar-refractivity contribution >= 4 is 0 Å². The van der Waals surface area contributed by atoms with E-state index in [1.807, 2.05) is 18.3 Å². The van der Waals surface area contributed by atoms with Crippen molar-refractivity contribution in [2.24, 2.45) is 0 Å². The average Bonchev–Trinajstić information content (AvgIpc) is 3.38. The van der Waals surface area contributed by atoms with E-state index in [-0.39, 0.29) is 5.56 Å². The van der Waals surface area contributed by atoms with E-state index >= 15 is 0 Å². The van der Waals surface area contributed by atoms with Gasteiger partial charge in [-0.05, 0) is 57.2 Å². The molecule has 1 saturated heterocycles. The molecule has 2 aliphatic carbocycles. The van der Waals surface area contributed by atoms with Crippen molar-refractivity contribution in [1.82, 2.24) is 24.6 Å². The summed E-state index contributed by atoms with van der Waals surface area (Å²) in [5.74, 6) is 2.15. The Balaban J connectivity index is 1.29. The molecule has 1 unspecified atom stereocenters. The normalized spacial score (nSPS) is 23.5. The van der Waals surface area contributed by atoms with Gasteiger partial charge in [-0.3, -0.25) is 9.69 Å². The summed E-state index contributed by atoms with van der Waals surface area (Å²) in [5.41, 5.74) is 2.20. The number of rotatable bonds is 6. The van der Waals surface area contributed by atoms with Crippen LogP contribution in [-0.4, -0.2) is 37.2 Å². The van der Waals surface area contributed by atoms with E-state index in [4.69, 9.17) is 4.98 Å². The first-order chi connectivity index (χ1) is 13.3. The topological polar surface area (TPSA) is 63.9 Å². The van der Waals surface area contributed by atoms with Gasteiger partial charge in [0.1, 0.15) is 5.82 Å². The molecule has 0 spiro atoms. The predicted octanol–water partition coefficient (Wildman–Crippen LogP) is 2.84. The highest BCUT2D eigenvalue weighted by Crippen LogP contribution is 2.38. The van der Waals surface area contributed by atoms with Gasteiger partial charge in [0.25, 0.3) is 5.56 Å². The molecule has 6 nitrogen and oxygen atoms in total. The van der Waals surface area contributed by atoms with Crippen LogP contribution in [-0.2, 0) is 13.1 Å². The van der Waals surface area contributed by atoms with E-state index < -0.39 is 0 Å². The number of aromatic nitrogens is 4. The lowest BCUT2D eigenvalue weighted by molar-refractivity contribution is 0.213. The minimum absolute atomic E-state index is 0.0144. The van der Waals surface area contributed by atoms with Gasteiger partial charge in [0.15, 0.2) is 0 Å². The molecule has 27 heavy (non-hydrogen) atoms. The molecule has 5 rings (SSSR count). The largest absolute Gasteiger partial charge is 0.293 e. The monoisotopic (exact) mass is 365 g/mol. The summed E-state index contributed by atoms with van der Waals surface area (Å²) < 4.78 is 1.69. The van der Waals surface area contributed by atoms with Gasteiger partial charge in [-0.2, -0.15) is 5.10 Å². The molecule has 3 fully saturated rings. The summed E-state index contributed by atoms with van der Waals surface area (Å²) in [6.07, 6.45) is 10.4. The van der Waals surface area contributed by atoms with Crippen LogP contribution in [0, 0.1) is 0 Å². The number of hydrogen-bond acceptors (Lipinski definition) is 5. The van der Waals surface area contributed by atoms with Gasteiger partial charge >= 0.3 is 0 Å². The minimum atomic E-state index is 0.0144. The first-order valence-electron chi connectivity index (χ1n) is 10.4. The highest BCUT2D eigenvalue weighted by molar-refractivity contribution is 5.13. The van der Waals surface area contributed by atoms with E-state index in [1.165, 1.54) is 38.5 Å². The number of hydrogen-bond donors (Lipinski definition) is 0. The fraction of sp³-hybridized carbons (Fsp3) is 0.619. The summed E-state index contributed by atoms with van der Waals surface area (Å²) in [5, 5.41) is 4.65. The second-order valence-electron chi connectivity index (χ2n) is 8.35. The molecule has 0 bridgehead atoms. The van der Waals surface area contributed by atoms with Crippen LogP contribution in [0.3, 0.4) is 0 Å². The Hall–Kier alpha value is -2.08. The molecular weight excluding hydrogens is 338 g/mol. The summed E-state index contributed by atoms with van der Waals surface area (Å²) in [6, 6.07) is 5.99. The maximum atomic E-state index is 12.3. The molecule has 0 N–H and O–H groups in total. The quantitative estimate of drug-likeness (QED) is 0.788. The summed E-state index contributed by atoms with van der Waals surface area (Å²) in [4.78, 5) is 24.1. The summed E-state index contributed by atoms with van der Waals surface area (Å²) in [7, 11) is 0.